The molecule has 0 aromatic heterocycles. The van der Waals surface area contributed by atoms with E-state index in [-0.39, 0.29) is 6.42 Å². The van der Waals surface area contributed by atoms with Crippen LogP contribution in [0.5, 0.6) is 0 Å². The Morgan fingerprint density at radius 2 is 1.86 bits per heavy atom. The highest BCUT2D eigenvalue weighted by Crippen LogP contribution is 2.42. The molecule has 0 spiro atoms. The van der Waals surface area contributed by atoms with Crippen LogP contribution in [0.15, 0.2) is 22.7 Å². The Kier molecular flexibility index (Phi) is 4.71. The minimum Gasteiger partial charge on any atom is -0.481 e. The average molecular weight is 373 g/mol. The molecule has 120 valence electrons. The third-order valence-electron chi connectivity index (χ3n) is 4.36. The Morgan fingerprint density at radius 3 is 2.32 bits per heavy atom. The Hall–Kier alpha value is -0.915. The SMILES string of the molecule is CC1(C)OB(C(CC(=O)O)c2ccc(F)cc2Br)OC1(C)C. The molecule has 1 fully saturated rings. The molecule has 7 heteroatoms. The topological polar surface area (TPSA) is 55.8 Å². The highest BCUT2D eigenvalue weighted by Gasteiger charge is 2.54. The van der Waals surface area contributed by atoms with Gasteiger partial charge in [-0.3, -0.25) is 4.79 Å². The van der Waals surface area contributed by atoms with E-state index in [9.17, 15) is 14.3 Å². The number of benzene rings is 1. The summed E-state index contributed by atoms with van der Waals surface area (Å²) >= 11 is 3.30. The lowest BCUT2D eigenvalue weighted by Gasteiger charge is -2.32. The second-order valence-corrected chi connectivity index (χ2v) is 7.35. The first-order valence-corrected chi connectivity index (χ1v) is 7.85. The lowest BCUT2D eigenvalue weighted by atomic mass is 9.66. The maximum atomic E-state index is 13.3. The van der Waals surface area contributed by atoms with Gasteiger partial charge in [-0.15, -0.1) is 0 Å². The van der Waals surface area contributed by atoms with Gasteiger partial charge in [0.2, 0.25) is 0 Å². The fourth-order valence-corrected chi connectivity index (χ4v) is 3.04. The molecule has 1 aliphatic heterocycles. The molecule has 0 bridgehead atoms. The van der Waals surface area contributed by atoms with Crippen LogP contribution in [0.1, 0.15) is 45.5 Å². The fraction of sp³-hybridized carbons (Fsp3) is 0.533. The van der Waals surface area contributed by atoms with E-state index >= 15 is 0 Å². The summed E-state index contributed by atoms with van der Waals surface area (Å²) in [5.41, 5.74) is -0.454. The third-order valence-corrected chi connectivity index (χ3v) is 5.04. The summed E-state index contributed by atoms with van der Waals surface area (Å²) in [7, 11) is -0.706. The molecule has 1 atom stereocenters. The summed E-state index contributed by atoms with van der Waals surface area (Å²) in [5.74, 6) is -1.89. The van der Waals surface area contributed by atoms with E-state index in [1.165, 1.54) is 12.1 Å². The van der Waals surface area contributed by atoms with Crippen molar-refractivity contribution in [1.29, 1.82) is 0 Å². The van der Waals surface area contributed by atoms with E-state index < -0.39 is 35.9 Å². The van der Waals surface area contributed by atoms with Crippen molar-refractivity contribution in [3.63, 3.8) is 0 Å². The van der Waals surface area contributed by atoms with Crippen molar-refractivity contribution in [2.24, 2.45) is 0 Å². The summed E-state index contributed by atoms with van der Waals surface area (Å²) < 4.78 is 25.7. The van der Waals surface area contributed by atoms with Crippen LogP contribution < -0.4 is 0 Å². The quantitative estimate of drug-likeness (QED) is 0.817. The van der Waals surface area contributed by atoms with Gasteiger partial charge in [-0.1, -0.05) is 22.0 Å². The van der Waals surface area contributed by atoms with Crippen LogP contribution in [0, 0.1) is 5.82 Å². The second-order valence-electron chi connectivity index (χ2n) is 6.49. The zero-order chi connectivity index (χ0) is 16.7. The van der Waals surface area contributed by atoms with Crippen LogP contribution in [0.4, 0.5) is 4.39 Å². The van der Waals surface area contributed by atoms with Gasteiger partial charge in [-0.2, -0.15) is 0 Å². The first kappa shape index (κ1) is 17.4. The van der Waals surface area contributed by atoms with E-state index in [0.29, 0.717) is 10.0 Å². The second kappa shape index (κ2) is 5.94. The Labute approximate surface area is 138 Å². The van der Waals surface area contributed by atoms with Crippen molar-refractivity contribution < 1.29 is 23.6 Å². The van der Waals surface area contributed by atoms with Crippen LogP contribution in [0.2, 0.25) is 0 Å². The first-order chi connectivity index (χ1) is 10.0. The molecule has 1 aliphatic rings. The molecule has 0 radical (unpaired) electrons. The zero-order valence-electron chi connectivity index (χ0n) is 13.0. The van der Waals surface area contributed by atoms with Gasteiger partial charge in [-0.25, -0.2) is 4.39 Å². The Bertz CT molecular complexity index is 575. The molecule has 0 aliphatic carbocycles. The molecule has 1 aromatic rings. The molecule has 1 heterocycles. The number of carboxylic acids is 1. The molecular formula is C15H19BBrFO4. The number of carbonyl (C=O) groups is 1. The van der Waals surface area contributed by atoms with Crippen molar-refractivity contribution in [3.8, 4) is 0 Å². The summed E-state index contributed by atoms with van der Waals surface area (Å²) in [6.07, 6.45) is -0.166. The zero-order valence-corrected chi connectivity index (χ0v) is 14.6. The van der Waals surface area contributed by atoms with Crippen LogP contribution >= 0.6 is 15.9 Å². The molecule has 1 saturated heterocycles. The number of hydrogen-bond donors (Lipinski definition) is 1. The van der Waals surface area contributed by atoms with E-state index in [1.807, 2.05) is 27.7 Å². The molecule has 2 rings (SSSR count). The largest absolute Gasteiger partial charge is 0.481 e. The van der Waals surface area contributed by atoms with E-state index in [4.69, 9.17) is 9.31 Å². The van der Waals surface area contributed by atoms with Crippen LogP contribution in [0.25, 0.3) is 0 Å². The van der Waals surface area contributed by atoms with Crippen LogP contribution in [-0.4, -0.2) is 29.4 Å². The smallest absolute Gasteiger partial charge is 0.466 e. The van der Waals surface area contributed by atoms with Crippen molar-refractivity contribution in [2.75, 3.05) is 0 Å². The maximum absolute atomic E-state index is 13.3. The highest BCUT2D eigenvalue weighted by molar-refractivity contribution is 9.10. The summed E-state index contributed by atoms with van der Waals surface area (Å²) in [6, 6.07) is 4.19. The predicted molar refractivity (Wildman–Crippen MR) is 85.2 cm³/mol. The Morgan fingerprint density at radius 1 is 1.32 bits per heavy atom. The molecule has 1 N–H and O–H groups in total. The number of halogens is 2. The maximum Gasteiger partial charge on any atom is 0.466 e. The summed E-state index contributed by atoms with van der Waals surface area (Å²) in [6.45, 7) is 7.63. The summed E-state index contributed by atoms with van der Waals surface area (Å²) in [5, 5.41) is 9.21. The molecule has 0 amide bonds. The van der Waals surface area contributed by atoms with Gasteiger partial charge in [0.05, 0.1) is 17.6 Å². The van der Waals surface area contributed by atoms with Crippen molar-refractivity contribution in [2.45, 2.75) is 51.1 Å². The molecular weight excluding hydrogens is 354 g/mol. The van der Waals surface area contributed by atoms with Gasteiger partial charge in [0.15, 0.2) is 0 Å². The lowest BCUT2D eigenvalue weighted by Crippen LogP contribution is -2.41. The van der Waals surface area contributed by atoms with E-state index in [0.717, 1.165) is 0 Å². The third kappa shape index (κ3) is 3.36. The number of aliphatic carboxylic acids is 1. The van der Waals surface area contributed by atoms with Crippen LogP contribution in [-0.2, 0) is 14.1 Å². The van der Waals surface area contributed by atoms with Crippen molar-refractivity contribution in [1.82, 2.24) is 0 Å². The molecule has 22 heavy (non-hydrogen) atoms. The first-order valence-electron chi connectivity index (χ1n) is 7.06. The Balaban J connectivity index is 2.38. The van der Waals surface area contributed by atoms with Gasteiger partial charge < -0.3 is 14.4 Å². The van der Waals surface area contributed by atoms with E-state index in [2.05, 4.69) is 15.9 Å². The molecule has 1 aromatic carbocycles. The molecule has 4 nitrogen and oxygen atoms in total. The van der Waals surface area contributed by atoms with E-state index in [1.54, 1.807) is 6.07 Å². The number of rotatable bonds is 4. The van der Waals surface area contributed by atoms with Gasteiger partial charge in [0.25, 0.3) is 0 Å². The van der Waals surface area contributed by atoms with Gasteiger partial charge in [0, 0.05) is 10.3 Å². The van der Waals surface area contributed by atoms with Gasteiger partial charge >= 0.3 is 13.1 Å². The summed E-state index contributed by atoms with van der Waals surface area (Å²) in [4.78, 5) is 11.2. The molecule has 1 unspecified atom stereocenters. The minimum atomic E-state index is -0.962. The molecule has 0 saturated carbocycles. The average Bonchev–Trinajstić information content (AvgIpc) is 2.56. The van der Waals surface area contributed by atoms with Crippen LogP contribution in [0.3, 0.4) is 0 Å². The van der Waals surface area contributed by atoms with Gasteiger partial charge in [0.1, 0.15) is 5.82 Å². The standard InChI is InChI=1S/C15H19BBrFO4/c1-14(2)15(3,4)22-16(21-14)11(8-13(19)20)10-6-5-9(18)7-12(10)17/h5-7,11H,8H2,1-4H3,(H,19,20). The van der Waals surface area contributed by atoms with Gasteiger partial charge in [-0.05, 0) is 45.4 Å². The minimum absolute atomic E-state index is 0.166. The lowest BCUT2D eigenvalue weighted by molar-refractivity contribution is -0.137. The van der Waals surface area contributed by atoms with Crippen molar-refractivity contribution in [3.05, 3.63) is 34.1 Å². The monoisotopic (exact) mass is 372 g/mol. The fourth-order valence-electron chi connectivity index (χ4n) is 2.40. The predicted octanol–water partition coefficient (Wildman–Crippen LogP) is 3.78. The number of hydrogen-bond acceptors (Lipinski definition) is 3. The normalized spacial score (nSPS) is 20.9. The number of carboxylic acid groups (broad SMARTS) is 1. The highest BCUT2D eigenvalue weighted by atomic mass is 79.9. The van der Waals surface area contributed by atoms with Crippen molar-refractivity contribution >= 4 is 29.0 Å².